The standard InChI is InChI=1S/C25H27BrN2O5S/c1-5-33-25(30)22-19(17-7-9-18(26)10-8-17)14-28-24(22)34-15(2)23(29)27-13-16-6-11-20(31-3)21(12-16)32-4/h6-12,14-15,28H,5,13H2,1-4H3,(H,27,29). The molecule has 0 aliphatic rings. The molecule has 0 radical (unpaired) electrons. The van der Waals surface area contributed by atoms with Gasteiger partial charge in [0.2, 0.25) is 5.91 Å². The SMILES string of the molecule is CCOC(=O)c1c(-c2ccc(Br)cc2)c[nH]c1SC(C)C(=O)NCc1ccc(OC)c(OC)c1. The lowest BCUT2D eigenvalue weighted by atomic mass is 10.1. The van der Waals surface area contributed by atoms with E-state index in [0.29, 0.717) is 28.6 Å². The summed E-state index contributed by atoms with van der Waals surface area (Å²) >= 11 is 4.71. The molecule has 1 unspecified atom stereocenters. The lowest BCUT2D eigenvalue weighted by molar-refractivity contribution is -0.120. The van der Waals surface area contributed by atoms with E-state index in [1.165, 1.54) is 11.8 Å². The van der Waals surface area contributed by atoms with Crippen LogP contribution in [-0.4, -0.2) is 42.9 Å². The largest absolute Gasteiger partial charge is 0.493 e. The molecule has 0 fully saturated rings. The number of carbonyl (C=O) groups excluding carboxylic acids is 2. The van der Waals surface area contributed by atoms with Gasteiger partial charge in [-0.3, -0.25) is 4.79 Å². The summed E-state index contributed by atoms with van der Waals surface area (Å²) in [6.07, 6.45) is 1.77. The molecule has 0 bridgehead atoms. The number of rotatable bonds is 10. The fraction of sp³-hybridized carbons (Fsp3) is 0.280. The zero-order chi connectivity index (χ0) is 24.7. The van der Waals surface area contributed by atoms with Gasteiger partial charge in [0.1, 0.15) is 0 Å². The summed E-state index contributed by atoms with van der Waals surface area (Å²) < 4.78 is 16.8. The molecule has 1 aromatic heterocycles. The van der Waals surface area contributed by atoms with Gasteiger partial charge in [-0.05, 0) is 49.2 Å². The van der Waals surface area contributed by atoms with Gasteiger partial charge in [-0.1, -0.05) is 45.9 Å². The highest BCUT2D eigenvalue weighted by Gasteiger charge is 2.25. The topological polar surface area (TPSA) is 89.7 Å². The van der Waals surface area contributed by atoms with Crippen LogP contribution in [0.15, 0.2) is 58.2 Å². The van der Waals surface area contributed by atoms with Crippen LogP contribution < -0.4 is 14.8 Å². The van der Waals surface area contributed by atoms with Crippen molar-refractivity contribution in [2.75, 3.05) is 20.8 Å². The third kappa shape index (κ3) is 6.15. The smallest absolute Gasteiger partial charge is 0.341 e. The number of esters is 1. The number of amides is 1. The van der Waals surface area contributed by atoms with Crippen LogP contribution in [0.25, 0.3) is 11.1 Å². The second-order valence-corrected chi connectivity index (χ2v) is 9.57. The molecule has 1 atom stereocenters. The zero-order valence-corrected chi connectivity index (χ0v) is 21.8. The van der Waals surface area contributed by atoms with E-state index in [-0.39, 0.29) is 12.5 Å². The average molecular weight is 547 g/mol. The summed E-state index contributed by atoms with van der Waals surface area (Å²) in [6.45, 7) is 4.16. The summed E-state index contributed by atoms with van der Waals surface area (Å²) in [6, 6.07) is 13.2. The van der Waals surface area contributed by atoms with Crippen molar-refractivity contribution in [1.82, 2.24) is 10.3 Å². The lowest BCUT2D eigenvalue weighted by Crippen LogP contribution is -2.30. The first-order valence-corrected chi connectivity index (χ1v) is 12.3. The molecule has 180 valence electrons. The molecule has 7 nitrogen and oxygen atoms in total. The summed E-state index contributed by atoms with van der Waals surface area (Å²) in [5.41, 5.74) is 2.91. The Morgan fingerprint density at radius 3 is 2.44 bits per heavy atom. The van der Waals surface area contributed by atoms with E-state index in [0.717, 1.165) is 21.2 Å². The van der Waals surface area contributed by atoms with Gasteiger partial charge in [0, 0.05) is 22.8 Å². The molecule has 2 aromatic carbocycles. The number of hydrogen-bond acceptors (Lipinski definition) is 6. The molecule has 1 amide bonds. The maximum atomic E-state index is 12.8. The first kappa shape index (κ1) is 25.7. The Balaban J connectivity index is 1.74. The van der Waals surface area contributed by atoms with Crippen LogP contribution in [0, 0.1) is 0 Å². The van der Waals surface area contributed by atoms with E-state index in [1.807, 2.05) is 36.4 Å². The number of nitrogens with one attached hydrogen (secondary N) is 2. The third-order valence-electron chi connectivity index (χ3n) is 5.06. The monoisotopic (exact) mass is 546 g/mol. The second kappa shape index (κ2) is 12.0. The van der Waals surface area contributed by atoms with Crippen LogP contribution in [0.5, 0.6) is 11.5 Å². The number of hydrogen-bond donors (Lipinski definition) is 2. The zero-order valence-electron chi connectivity index (χ0n) is 19.4. The van der Waals surface area contributed by atoms with Gasteiger partial charge in [-0.25, -0.2) is 4.79 Å². The Morgan fingerprint density at radius 2 is 1.79 bits per heavy atom. The summed E-state index contributed by atoms with van der Waals surface area (Å²) in [5.74, 6) is 0.639. The lowest BCUT2D eigenvalue weighted by Gasteiger charge is -2.14. The number of aromatic nitrogens is 1. The van der Waals surface area contributed by atoms with Crippen LogP contribution in [0.2, 0.25) is 0 Å². The predicted molar refractivity (Wildman–Crippen MR) is 137 cm³/mol. The molecule has 0 saturated carbocycles. The Labute approximate surface area is 211 Å². The van der Waals surface area contributed by atoms with Crippen molar-refractivity contribution >= 4 is 39.6 Å². The highest BCUT2D eigenvalue weighted by atomic mass is 79.9. The van der Waals surface area contributed by atoms with E-state index in [1.54, 1.807) is 40.3 Å². The molecule has 34 heavy (non-hydrogen) atoms. The maximum Gasteiger partial charge on any atom is 0.341 e. The van der Waals surface area contributed by atoms with Crippen molar-refractivity contribution in [1.29, 1.82) is 0 Å². The number of halogens is 1. The Morgan fingerprint density at radius 1 is 1.09 bits per heavy atom. The molecule has 9 heteroatoms. The van der Waals surface area contributed by atoms with Gasteiger partial charge in [0.05, 0.1) is 36.7 Å². The van der Waals surface area contributed by atoms with Gasteiger partial charge in [-0.2, -0.15) is 0 Å². The Kier molecular flexibility index (Phi) is 9.06. The van der Waals surface area contributed by atoms with E-state index in [4.69, 9.17) is 14.2 Å². The number of methoxy groups -OCH3 is 2. The number of ether oxygens (including phenoxy) is 3. The molecule has 0 aliphatic carbocycles. The first-order chi connectivity index (χ1) is 16.4. The van der Waals surface area contributed by atoms with Crippen molar-refractivity contribution in [3.05, 3.63) is 64.3 Å². The molecular formula is C25H27BrN2O5S. The van der Waals surface area contributed by atoms with E-state index >= 15 is 0 Å². The van der Waals surface area contributed by atoms with Gasteiger partial charge in [-0.15, -0.1) is 0 Å². The Hall–Kier alpha value is -2.91. The molecule has 0 spiro atoms. The molecule has 3 rings (SSSR count). The van der Waals surface area contributed by atoms with Crippen molar-refractivity contribution in [3.8, 4) is 22.6 Å². The predicted octanol–water partition coefficient (Wildman–Crippen LogP) is 5.44. The molecule has 0 aliphatic heterocycles. The molecular weight excluding hydrogens is 520 g/mol. The fourth-order valence-electron chi connectivity index (χ4n) is 3.31. The minimum Gasteiger partial charge on any atom is -0.493 e. The number of H-pyrrole nitrogens is 1. The van der Waals surface area contributed by atoms with Crippen LogP contribution in [0.3, 0.4) is 0 Å². The number of benzene rings is 2. The van der Waals surface area contributed by atoms with Gasteiger partial charge >= 0.3 is 5.97 Å². The molecule has 2 N–H and O–H groups in total. The maximum absolute atomic E-state index is 12.8. The van der Waals surface area contributed by atoms with E-state index in [9.17, 15) is 9.59 Å². The first-order valence-electron chi connectivity index (χ1n) is 10.7. The quantitative estimate of drug-likeness (QED) is 0.260. The van der Waals surface area contributed by atoms with Crippen molar-refractivity contribution in [3.63, 3.8) is 0 Å². The fourth-order valence-corrected chi connectivity index (χ4v) is 4.56. The molecule has 1 heterocycles. The summed E-state index contributed by atoms with van der Waals surface area (Å²) in [7, 11) is 3.14. The summed E-state index contributed by atoms with van der Waals surface area (Å²) in [5, 5.41) is 3.07. The number of aromatic amines is 1. The number of carbonyl (C=O) groups is 2. The van der Waals surface area contributed by atoms with Crippen LogP contribution in [-0.2, 0) is 16.1 Å². The van der Waals surface area contributed by atoms with Crippen LogP contribution in [0.1, 0.15) is 29.8 Å². The number of thioether (sulfide) groups is 1. The minimum atomic E-state index is -0.454. The van der Waals surface area contributed by atoms with Gasteiger partial charge in [0.25, 0.3) is 0 Å². The van der Waals surface area contributed by atoms with Crippen molar-refractivity contribution in [2.45, 2.75) is 30.7 Å². The minimum absolute atomic E-state index is 0.158. The third-order valence-corrected chi connectivity index (χ3v) is 6.71. The highest BCUT2D eigenvalue weighted by molar-refractivity contribution is 9.10. The normalized spacial score (nSPS) is 11.6. The Bertz CT molecular complexity index is 1150. The van der Waals surface area contributed by atoms with Gasteiger partial charge < -0.3 is 24.5 Å². The van der Waals surface area contributed by atoms with Crippen molar-refractivity contribution in [2.24, 2.45) is 0 Å². The summed E-state index contributed by atoms with van der Waals surface area (Å²) in [4.78, 5) is 28.7. The van der Waals surface area contributed by atoms with Crippen LogP contribution >= 0.6 is 27.7 Å². The van der Waals surface area contributed by atoms with E-state index in [2.05, 4.69) is 26.2 Å². The average Bonchev–Trinajstić information content (AvgIpc) is 3.26. The second-order valence-electron chi connectivity index (χ2n) is 7.30. The molecule has 0 saturated heterocycles. The highest BCUT2D eigenvalue weighted by Crippen LogP contribution is 2.35. The van der Waals surface area contributed by atoms with Gasteiger partial charge in [0.15, 0.2) is 11.5 Å². The van der Waals surface area contributed by atoms with E-state index < -0.39 is 11.2 Å². The molecule has 3 aromatic rings. The van der Waals surface area contributed by atoms with Crippen LogP contribution in [0.4, 0.5) is 0 Å². The van der Waals surface area contributed by atoms with Crippen molar-refractivity contribution < 1.29 is 23.8 Å².